The molecule has 2 heterocycles. The summed E-state index contributed by atoms with van der Waals surface area (Å²) in [7, 11) is 0. The molecule has 1 N–H and O–H groups in total. The van der Waals surface area contributed by atoms with Crippen LogP contribution in [0.15, 0.2) is 23.8 Å². The van der Waals surface area contributed by atoms with Crippen LogP contribution >= 0.6 is 0 Å². The standard InChI is InChI=1S/C24H30O9/c1-11-9-16(30-13(3)25)20(31-14(4)26)22(5)8-7-15(27)12(2)18(22)19(28)24-17(10-11)32-21(29)23(24,6)33-24/h7-8,10,12,16-20,28H,9H2,1-6H3/b11-10-/t12-,16+,17-,18+,19-,20-,22-,23-,24?/m0/s1. The Balaban J connectivity index is 1.94. The number of fused-ring (bicyclic) bond motifs is 1. The molecule has 4 rings (SSSR count). The van der Waals surface area contributed by atoms with E-state index in [0.29, 0.717) is 5.57 Å². The fourth-order valence-electron chi connectivity index (χ4n) is 6.08. The molecule has 33 heavy (non-hydrogen) atoms. The number of ether oxygens (including phenoxy) is 4. The summed E-state index contributed by atoms with van der Waals surface area (Å²) in [5.41, 5.74) is -3.17. The molecular formula is C24H30O9. The van der Waals surface area contributed by atoms with Crippen molar-refractivity contribution in [3.05, 3.63) is 23.8 Å². The highest BCUT2D eigenvalue weighted by Gasteiger charge is 2.86. The highest BCUT2D eigenvalue weighted by atomic mass is 16.7. The van der Waals surface area contributed by atoms with Crippen LogP contribution in [0, 0.1) is 17.3 Å². The van der Waals surface area contributed by atoms with E-state index in [0.717, 1.165) is 0 Å². The monoisotopic (exact) mass is 462 g/mol. The minimum atomic E-state index is -1.38. The van der Waals surface area contributed by atoms with Crippen LogP contribution in [0.25, 0.3) is 0 Å². The first-order chi connectivity index (χ1) is 15.3. The quantitative estimate of drug-likeness (QED) is 0.280. The lowest BCUT2D eigenvalue weighted by Gasteiger charge is -2.50. The predicted octanol–water partition coefficient (Wildman–Crippen LogP) is 1.41. The maximum absolute atomic E-state index is 12.7. The molecule has 0 bridgehead atoms. The van der Waals surface area contributed by atoms with Gasteiger partial charge in [0.1, 0.15) is 12.2 Å². The molecule has 0 amide bonds. The fraction of sp³-hybridized carbons (Fsp3) is 0.667. The molecule has 0 saturated carbocycles. The third-order valence-electron chi connectivity index (χ3n) is 7.74. The molecule has 9 nitrogen and oxygen atoms in total. The van der Waals surface area contributed by atoms with Crippen LogP contribution in [0.4, 0.5) is 0 Å². The molecular weight excluding hydrogens is 432 g/mol. The van der Waals surface area contributed by atoms with Gasteiger partial charge in [-0.2, -0.15) is 0 Å². The SMILES string of the molecule is CC(=O)O[C@@H]1C/C(C)=C\[C@@H]2OC(=O)[C@]3(C)OC23[C@@H](O)[C@H]2[C@@H](C)C(=O)C=C[C@]2(C)[C@H]1OC(C)=O. The summed E-state index contributed by atoms with van der Waals surface area (Å²) in [6, 6.07) is 0. The highest BCUT2D eigenvalue weighted by Crippen LogP contribution is 2.63. The Morgan fingerprint density at radius 2 is 1.79 bits per heavy atom. The van der Waals surface area contributed by atoms with Gasteiger partial charge < -0.3 is 24.1 Å². The van der Waals surface area contributed by atoms with Gasteiger partial charge >= 0.3 is 17.9 Å². The van der Waals surface area contributed by atoms with Crippen molar-refractivity contribution >= 4 is 23.7 Å². The normalized spacial score (nSPS) is 47.8. The summed E-state index contributed by atoms with van der Waals surface area (Å²) in [5, 5.41) is 11.8. The Hall–Kier alpha value is -2.52. The molecule has 2 aliphatic carbocycles. The zero-order chi connectivity index (χ0) is 24.5. The average molecular weight is 462 g/mol. The molecule has 0 radical (unpaired) electrons. The Morgan fingerprint density at radius 3 is 2.36 bits per heavy atom. The van der Waals surface area contributed by atoms with E-state index >= 15 is 0 Å². The molecule has 9 heteroatoms. The lowest BCUT2D eigenvalue weighted by molar-refractivity contribution is -0.187. The van der Waals surface area contributed by atoms with Crippen molar-refractivity contribution in [1.82, 2.24) is 0 Å². The first-order valence-electron chi connectivity index (χ1n) is 11.1. The number of epoxide rings is 1. The molecule has 9 atom stereocenters. The summed E-state index contributed by atoms with van der Waals surface area (Å²) >= 11 is 0. The van der Waals surface area contributed by atoms with Crippen molar-refractivity contribution in [2.75, 3.05) is 0 Å². The van der Waals surface area contributed by atoms with Gasteiger partial charge in [0.25, 0.3) is 0 Å². The van der Waals surface area contributed by atoms with Crippen LogP contribution < -0.4 is 0 Å². The number of hydrogen-bond donors (Lipinski definition) is 1. The largest absolute Gasteiger partial charge is 0.458 e. The number of esters is 3. The Morgan fingerprint density at radius 1 is 1.15 bits per heavy atom. The second-order valence-electron chi connectivity index (χ2n) is 10.0. The minimum Gasteiger partial charge on any atom is -0.458 e. The molecule has 1 spiro atoms. The second kappa shape index (κ2) is 7.50. The molecule has 2 fully saturated rings. The van der Waals surface area contributed by atoms with Crippen molar-refractivity contribution in [3.63, 3.8) is 0 Å². The van der Waals surface area contributed by atoms with Gasteiger partial charge in [-0.1, -0.05) is 25.5 Å². The topological polar surface area (TPSA) is 129 Å². The molecule has 4 aliphatic rings. The van der Waals surface area contributed by atoms with Gasteiger partial charge in [-0.15, -0.1) is 0 Å². The summed E-state index contributed by atoms with van der Waals surface area (Å²) in [5.74, 6) is -3.49. The van der Waals surface area contributed by atoms with E-state index in [1.54, 1.807) is 39.8 Å². The van der Waals surface area contributed by atoms with E-state index in [1.165, 1.54) is 19.9 Å². The fourth-order valence-corrected chi connectivity index (χ4v) is 6.08. The molecule has 0 aromatic rings. The number of carbonyl (C=O) groups excluding carboxylic acids is 4. The van der Waals surface area contributed by atoms with E-state index in [4.69, 9.17) is 18.9 Å². The first-order valence-corrected chi connectivity index (χ1v) is 11.1. The predicted molar refractivity (Wildman–Crippen MR) is 112 cm³/mol. The maximum Gasteiger partial charge on any atom is 0.342 e. The number of allylic oxidation sites excluding steroid dienone is 1. The van der Waals surface area contributed by atoms with Gasteiger partial charge in [-0.25, -0.2) is 4.79 Å². The summed E-state index contributed by atoms with van der Waals surface area (Å²) in [6.45, 7) is 9.30. The van der Waals surface area contributed by atoms with Gasteiger partial charge in [0.2, 0.25) is 0 Å². The average Bonchev–Trinajstić information content (AvgIpc) is 3.29. The molecule has 2 saturated heterocycles. The van der Waals surface area contributed by atoms with Crippen molar-refractivity contribution in [2.45, 2.75) is 83.6 Å². The van der Waals surface area contributed by atoms with Crippen molar-refractivity contribution < 1.29 is 43.2 Å². The van der Waals surface area contributed by atoms with Gasteiger partial charge in [0.05, 0.1) is 6.10 Å². The lowest BCUT2D eigenvalue weighted by atomic mass is 9.57. The van der Waals surface area contributed by atoms with E-state index in [-0.39, 0.29) is 12.2 Å². The van der Waals surface area contributed by atoms with E-state index in [1.807, 2.05) is 0 Å². The number of ketones is 1. The van der Waals surface area contributed by atoms with Gasteiger partial charge in [-0.3, -0.25) is 14.4 Å². The highest BCUT2D eigenvalue weighted by molar-refractivity contribution is 5.93. The summed E-state index contributed by atoms with van der Waals surface area (Å²) in [4.78, 5) is 49.5. The lowest BCUT2D eigenvalue weighted by Crippen LogP contribution is -2.60. The second-order valence-corrected chi connectivity index (χ2v) is 10.0. The van der Waals surface area contributed by atoms with Crippen LogP contribution in [-0.2, 0) is 38.1 Å². The third kappa shape index (κ3) is 3.27. The van der Waals surface area contributed by atoms with Gasteiger partial charge in [-0.05, 0) is 26.0 Å². The third-order valence-corrected chi connectivity index (χ3v) is 7.74. The van der Waals surface area contributed by atoms with Crippen LogP contribution in [0.2, 0.25) is 0 Å². The number of hydrogen-bond acceptors (Lipinski definition) is 9. The number of carbonyl (C=O) groups is 4. The number of rotatable bonds is 2. The Labute approximate surface area is 192 Å². The van der Waals surface area contributed by atoms with Crippen LogP contribution in [0.3, 0.4) is 0 Å². The number of aliphatic hydroxyl groups is 1. The van der Waals surface area contributed by atoms with Crippen LogP contribution in [0.1, 0.15) is 48.0 Å². The van der Waals surface area contributed by atoms with Gasteiger partial charge in [0.15, 0.2) is 23.1 Å². The van der Waals surface area contributed by atoms with Crippen LogP contribution in [0.5, 0.6) is 0 Å². The van der Waals surface area contributed by atoms with E-state index in [2.05, 4.69) is 0 Å². The Bertz CT molecular complexity index is 982. The summed E-state index contributed by atoms with van der Waals surface area (Å²) < 4.78 is 22.9. The Kier molecular flexibility index (Phi) is 5.37. The zero-order valence-corrected chi connectivity index (χ0v) is 19.6. The summed E-state index contributed by atoms with van der Waals surface area (Å²) in [6.07, 6.45) is 0.757. The molecule has 2 aliphatic heterocycles. The first kappa shape index (κ1) is 23.6. The van der Waals surface area contributed by atoms with Crippen molar-refractivity contribution in [2.24, 2.45) is 17.3 Å². The number of aliphatic hydroxyl groups excluding tert-OH is 1. The zero-order valence-electron chi connectivity index (χ0n) is 19.6. The van der Waals surface area contributed by atoms with Crippen molar-refractivity contribution in [1.29, 1.82) is 0 Å². The van der Waals surface area contributed by atoms with Crippen molar-refractivity contribution in [3.8, 4) is 0 Å². The molecule has 180 valence electrons. The van der Waals surface area contributed by atoms with Crippen LogP contribution in [-0.4, -0.2) is 64.4 Å². The smallest absolute Gasteiger partial charge is 0.342 e. The van der Waals surface area contributed by atoms with Gasteiger partial charge in [0, 0.05) is 37.5 Å². The van der Waals surface area contributed by atoms with E-state index < -0.39 is 70.8 Å². The molecule has 1 unspecified atom stereocenters. The molecule has 0 aromatic carbocycles. The molecule has 0 aromatic heterocycles. The minimum absolute atomic E-state index is 0.187. The van der Waals surface area contributed by atoms with E-state index in [9.17, 15) is 24.3 Å². The maximum atomic E-state index is 12.7.